The Morgan fingerprint density at radius 2 is 2.04 bits per heavy atom. The Bertz CT molecular complexity index is 1120. The fourth-order valence-electron chi connectivity index (χ4n) is 2.80. The first-order valence-electron chi connectivity index (χ1n) is 8.02. The van der Waals surface area contributed by atoms with Gasteiger partial charge in [-0.25, -0.2) is 4.68 Å². The quantitative estimate of drug-likeness (QED) is 0.595. The van der Waals surface area contributed by atoms with Crippen molar-refractivity contribution >= 4 is 28.3 Å². The van der Waals surface area contributed by atoms with Crippen LogP contribution < -0.4 is 11.1 Å². The van der Waals surface area contributed by atoms with Gasteiger partial charge >= 0.3 is 0 Å². The molecule has 3 N–H and O–H groups in total. The molecule has 0 aliphatic carbocycles. The van der Waals surface area contributed by atoms with E-state index in [0.29, 0.717) is 16.9 Å². The van der Waals surface area contributed by atoms with Gasteiger partial charge in [0, 0.05) is 41.9 Å². The van der Waals surface area contributed by atoms with E-state index in [0.717, 1.165) is 22.2 Å². The van der Waals surface area contributed by atoms with E-state index in [1.807, 2.05) is 31.3 Å². The third-order valence-electron chi connectivity index (χ3n) is 4.16. The van der Waals surface area contributed by atoms with Crippen molar-refractivity contribution in [3.05, 3.63) is 66.5 Å². The van der Waals surface area contributed by atoms with Gasteiger partial charge < -0.3 is 11.1 Å². The lowest BCUT2D eigenvalue weighted by Gasteiger charge is -2.08. The molecule has 0 fully saturated rings. The van der Waals surface area contributed by atoms with E-state index in [2.05, 4.69) is 20.6 Å². The molecule has 0 atom stereocenters. The van der Waals surface area contributed by atoms with Crippen LogP contribution in [0.15, 0.2) is 60.9 Å². The Kier molecular flexibility index (Phi) is 3.81. The number of pyridine rings is 1. The average Bonchev–Trinajstić information content (AvgIpc) is 3.02. The van der Waals surface area contributed by atoms with Crippen LogP contribution in [0.2, 0.25) is 0 Å². The lowest BCUT2D eigenvalue weighted by molar-refractivity contribution is 0.102. The number of anilines is 2. The molecule has 128 valence electrons. The summed E-state index contributed by atoms with van der Waals surface area (Å²) in [6, 6.07) is 14.5. The summed E-state index contributed by atoms with van der Waals surface area (Å²) in [7, 11) is 1.82. The highest BCUT2D eigenvalue weighted by molar-refractivity contribution is 6.05. The fraction of sp³-hybridized carbons (Fsp3) is 0.0526. The number of hydrogen-bond acceptors (Lipinski definition) is 5. The van der Waals surface area contributed by atoms with Gasteiger partial charge in [-0.15, -0.1) is 5.10 Å². The number of carbonyl (C=O) groups excluding carboxylic acids is 1. The number of amides is 1. The largest absolute Gasteiger partial charge is 0.398 e. The summed E-state index contributed by atoms with van der Waals surface area (Å²) in [6.45, 7) is 0. The molecule has 0 saturated heterocycles. The maximum atomic E-state index is 12.6. The van der Waals surface area contributed by atoms with E-state index in [1.165, 1.54) is 0 Å². The molecular formula is C19H16N6O. The summed E-state index contributed by atoms with van der Waals surface area (Å²) in [5.41, 5.74) is 11.1. The van der Waals surface area contributed by atoms with Crippen LogP contribution in [0.4, 0.5) is 11.4 Å². The fourth-order valence-corrected chi connectivity index (χ4v) is 2.80. The van der Waals surface area contributed by atoms with Crippen LogP contribution in [-0.2, 0) is 7.05 Å². The molecule has 0 aliphatic heterocycles. The van der Waals surface area contributed by atoms with Crippen LogP contribution in [0.25, 0.3) is 22.2 Å². The van der Waals surface area contributed by atoms with Crippen LogP contribution in [0.1, 0.15) is 10.4 Å². The van der Waals surface area contributed by atoms with Gasteiger partial charge in [0.05, 0.1) is 5.52 Å². The summed E-state index contributed by atoms with van der Waals surface area (Å²) < 4.78 is 1.68. The number of carbonyl (C=O) groups is 1. The Morgan fingerprint density at radius 3 is 2.88 bits per heavy atom. The molecule has 2 aromatic heterocycles. The highest BCUT2D eigenvalue weighted by Gasteiger charge is 2.10. The number of aryl methyl sites for hydroxylation is 1. The minimum Gasteiger partial charge on any atom is -0.398 e. The summed E-state index contributed by atoms with van der Waals surface area (Å²) in [5, 5.41) is 10.9. The highest BCUT2D eigenvalue weighted by Crippen LogP contribution is 2.25. The number of fused-ring (bicyclic) bond motifs is 1. The molecule has 0 unspecified atom stereocenters. The topological polar surface area (TPSA) is 98.7 Å². The SMILES string of the molecule is Cn1nnc2cc(NC(=O)c3cccc(-c4cnccc4N)c3)ccc21. The number of rotatable bonds is 3. The summed E-state index contributed by atoms with van der Waals surface area (Å²) >= 11 is 0. The van der Waals surface area contributed by atoms with E-state index in [-0.39, 0.29) is 5.91 Å². The number of hydrogen-bond donors (Lipinski definition) is 2. The summed E-state index contributed by atoms with van der Waals surface area (Å²) in [4.78, 5) is 16.7. The zero-order valence-electron chi connectivity index (χ0n) is 14.0. The van der Waals surface area contributed by atoms with Crippen LogP contribution in [-0.4, -0.2) is 25.9 Å². The van der Waals surface area contributed by atoms with Gasteiger partial charge in [-0.3, -0.25) is 9.78 Å². The third-order valence-corrected chi connectivity index (χ3v) is 4.16. The standard InChI is InChI=1S/C19H16N6O/c1-25-18-6-5-14(10-17(18)23-24-25)22-19(26)13-4-2-3-12(9-13)15-11-21-8-7-16(15)20/h2-11H,1H3,(H2,20,21)(H,22,26). The van der Waals surface area contributed by atoms with E-state index >= 15 is 0 Å². The second kappa shape index (κ2) is 6.29. The first-order chi connectivity index (χ1) is 12.6. The zero-order valence-corrected chi connectivity index (χ0v) is 14.0. The molecule has 4 rings (SSSR count). The van der Waals surface area contributed by atoms with Gasteiger partial charge in [0.25, 0.3) is 5.91 Å². The molecule has 26 heavy (non-hydrogen) atoms. The van der Waals surface area contributed by atoms with Gasteiger partial charge in [-0.2, -0.15) is 0 Å². The van der Waals surface area contributed by atoms with E-state index in [9.17, 15) is 4.79 Å². The monoisotopic (exact) mass is 344 g/mol. The average molecular weight is 344 g/mol. The lowest BCUT2D eigenvalue weighted by Crippen LogP contribution is -2.11. The molecule has 4 aromatic rings. The number of nitrogen functional groups attached to an aromatic ring is 1. The third kappa shape index (κ3) is 2.86. The van der Waals surface area contributed by atoms with Crippen molar-refractivity contribution in [3.8, 4) is 11.1 Å². The van der Waals surface area contributed by atoms with Crippen molar-refractivity contribution in [2.45, 2.75) is 0 Å². The minimum absolute atomic E-state index is 0.211. The molecule has 0 spiro atoms. The Balaban J connectivity index is 1.61. The molecular weight excluding hydrogens is 328 g/mol. The van der Waals surface area contributed by atoms with E-state index in [1.54, 1.807) is 41.3 Å². The molecule has 7 heteroatoms. The van der Waals surface area contributed by atoms with E-state index in [4.69, 9.17) is 5.73 Å². The van der Waals surface area contributed by atoms with Crippen molar-refractivity contribution < 1.29 is 4.79 Å². The molecule has 2 aromatic carbocycles. The number of nitrogens with two attached hydrogens (primary N) is 1. The number of benzene rings is 2. The van der Waals surface area contributed by atoms with Crippen molar-refractivity contribution in [2.24, 2.45) is 7.05 Å². The molecule has 0 radical (unpaired) electrons. The zero-order chi connectivity index (χ0) is 18.1. The van der Waals surface area contributed by atoms with Crippen molar-refractivity contribution in [2.75, 3.05) is 11.1 Å². The molecule has 0 bridgehead atoms. The second-order valence-electron chi connectivity index (χ2n) is 5.91. The number of aromatic nitrogens is 4. The Morgan fingerprint density at radius 1 is 1.15 bits per heavy atom. The molecule has 2 heterocycles. The first-order valence-corrected chi connectivity index (χ1v) is 8.02. The smallest absolute Gasteiger partial charge is 0.255 e. The van der Waals surface area contributed by atoms with Gasteiger partial charge in [0.1, 0.15) is 5.52 Å². The first kappa shape index (κ1) is 15.8. The molecule has 0 aliphatic rings. The Labute approximate surface area is 149 Å². The second-order valence-corrected chi connectivity index (χ2v) is 5.91. The molecule has 1 amide bonds. The maximum Gasteiger partial charge on any atom is 0.255 e. The Hall–Kier alpha value is -3.74. The van der Waals surface area contributed by atoms with Crippen LogP contribution in [0, 0.1) is 0 Å². The number of nitrogens with zero attached hydrogens (tertiary/aromatic N) is 4. The number of nitrogens with one attached hydrogen (secondary N) is 1. The predicted octanol–water partition coefficient (Wildman–Crippen LogP) is 2.86. The predicted molar refractivity (Wildman–Crippen MR) is 101 cm³/mol. The van der Waals surface area contributed by atoms with Crippen molar-refractivity contribution in [1.29, 1.82) is 0 Å². The van der Waals surface area contributed by atoms with Crippen LogP contribution in [0.5, 0.6) is 0 Å². The molecule has 7 nitrogen and oxygen atoms in total. The van der Waals surface area contributed by atoms with E-state index < -0.39 is 0 Å². The highest BCUT2D eigenvalue weighted by atomic mass is 16.1. The lowest BCUT2D eigenvalue weighted by atomic mass is 10.0. The minimum atomic E-state index is -0.211. The maximum absolute atomic E-state index is 12.6. The van der Waals surface area contributed by atoms with Gasteiger partial charge in [-0.05, 0) is 42.0 Å². The van der Waals surface area contributed by atoms with Gasteiger partial charge in [-0.1, -0.05) is 17.3 Å². The van der Waals surface area contributed by atoms with Gasteiger partial charge in [0.2, 0.25) is 0 Å². The summed E-state index contributed by atoms with van der Waals surface area (Å²) in [5.74, 6) is -0.211. The van der Waals surface area contributed by atoms with Crippen LogP contribution >= 0.6 is 0 Å². The summed E-state index contributed by atoms with van der Waals surface area (Å²) in [6.07, 6.45) is 3.33. The van der Waals surface area contributed by atoms with Crippen LogP contribution in [0.3, 0.4) is 0 Å². The normalized spacial score (nSPS) is 10.8. The van der Waals surface area contributed by atoms with Crippen molar-refractivity contribution in [3.63, 3.8) is 0 Å². The molecule has 0 saturated carbocycles. The van der Waals surface area contributed by atoms with Crippen molar-refractivity contribution in [1.82, 2.24) is 20.0 Å². The van der Waals surface area contributed by atoms with Gasteiger partial charge in [0.15, 0.2) is 0 Å².